The van der Waals surface area contributed by atoms with Gasteiger partial charge in [-0.25, -0.2) is 13.4 Å². The molecule has 30 heavy (non-hydrogen) atoms. The molecule has 0 bridgehead atoms. The molecule has 1 amide bonds. The van der Waals surface area contributed by atoms with Crippen LogP contribution < -0.4 is 5.32 Å². The highest BCUT2D eigenvalue weighted by molar-refractivity contribution is 8.01. The largest absolute Gasteiger partial charge is 0.333 e. The Labute approximate surface area is 181 Å². The first-order chi connectivity index (χ1) is 14.4. The van der Waals surface area contributed by atoms with E-state index in [0.717, 1.165) is 5.56 Å². The summed E-state index contributed by atoms with van der Waals surface area (Å²) in [6.45, 7) is 4.32. The van der Waals surface area contributed by atoms with Gasteiger partial charge in [0.05, 0.1) is 22.2 Å². The van der Waals surface area contributed by atoms with E-state index in [1.165, 1.54) is 11.8 Å². The maximum Gasteiger partial charge on any atom is 0.237 e. The summed E-state index contributed by atoms with van der Waals surface area (Å²) in [5, 5.41) is 2.45. The number of imidazole rings is 1. The van der Waals surface area contributed by atoms with Gasteiger partial charge in [-0.3, -0.25) is 4.79 Å². The minimum atomic E-state index is -3.36. The van der Waals surface area contributed by atoms with Crippen molar-refractivity contribution in [3.63, 3.8) is 0 Å². The zero-order valence-corrected chi connectivity index (χ0v) is 18.6. The molecule has 0 saturated carbocycles. The first-order valence-electron chi connectivity index (χ1n) is 9.73. The van der Waals surface area contributed by atoms with E-state index < -0.39 is 15.1 Å². The second kappa shape index (κ2) is 9.95. The quantitative estimate of drug-likeness (QED) is 0.501. The van der Waals surface area contributed by atoms with Gasteiger partial charge in [0.25, 0.3) is 0 Å². The molecule has 0 fully saturated rings. The molecule has 6 nitrogen and oxygen atoms in total. The summed E-state index contributed by atoms with van der Waals surface area (Å²) in [5.41, 5.74) is 1.80. The highest BCUT2D eigenvalue weighted by Crippen LogP contribution is 2.31. The Morgan fingerprint density at radius 2 is 1.90 bits per heavy atom. The highest BCUT2D eigenvalue weighted by Gasteiger charge is 2.21. The zero-order valence-electron chi connectivity index (χ0n) is 17.0. The maximum absolute atomic E-state index is 12.7. The number of carbonyl (C=O) groups excluding carboxylic acids is 1. The van der Waals surface area contributed by atoms with Gasteiger partial charge < -0.3 is 9.88 Å². The Kier molecular flexibility index (Phi) is 7.33. The van der Waals surface area contributed by atoms with Crippen LogP contribution in [0, 0.1) is 0 Å². The van der Waals surface area contributed by atoms with E-state index in [2.05, 4.69) is 10.3 Å². The molecule has 8 heteroatoms. The van der Waals surface area contributed by atoms with Crippen LogP contribution in [0.15, 0.2) is 77.0 Å². The summed E-state index contributed by atoms with van der Waals surface area (Å²) in [7, 11) is -3.36. The summed E-state index contributed by atoms with van der Waals surface area (Å²) < 4.78 is 27.0. The van der Waals surface area contributed by atoms with Gasteiger partial charge >= 0.3 is 0 Å². The number of aromatic nitrogens is 2. The van der Waals surface area contributed by atoms with Crippen LogP contribution in [-0.2, 0) is 21.2 Å². The molecule has 0 aliphatic carbocycles. The summed E-state index contributed by atoms with van der Waals surface area (Å²) in [6, 6.07) is 14.5. The van der Waals surface area contributed by atoms with Crippen LogP contribution in [0.3, 0.4) is 0 Å². The van der Waals surface area contributed by atoms with E-state index in [4.69, 9.17) is 0 Å². The van der Waals surface area contributed by atoms with E-state index >= 15 is 0 Å². The van der Waals surface area contributed by atoms with Crippen molar-refractivity contribution in [1.29, 1.82) is 0 Å². The van der Waals surface area contributed by atoms with Crippen LogP contribution in [0.1, 0.15) is 25.8 Å². The van der Waals surface area contributed by atoms with Crippen molar-refractivity contribution in [2.45, 2.75) is 41.9 Å². The third kappa shape index (κ3) is 5.73. The number of hydrogen-bond acceptors (Lipinski definition) is 5. The zero-order chi connectivity index (χ0) is 21.6. The fourth-order valence-corrected chi connectivity index (χ4v) is 5.79. The molecule has 1 atom stereocenters. The van der Waals surface area contributed by atoms with Gasteiger partial charge in [0, 0.05) is 29.5 Å². The molecule has 1 N–H and O–H groups in total. The van der Waals surface area contributed by atoms with Gasteiger partial charge in [-0.2, -0.15) is 0 Å². The number of hydrogen-bond donors (Lipinski definition) is 1. The average Bonchev–Trinajstić information content (AvgIpc) is 3.23. The third-order valence-electron chi connectivity index (χ3n) is 4.48. The van der Waals surface area contributed by atoms with Gasteiger partial charge in [-0.15, -0.1) is 11.8 Å². The molecule has 0 aliphatic rings. The molecular weight excluding hydrogens is 418 g/mol. The van der Waals surface area contributed by atoms with Gasteiger partial charge in [0.15, 0.2) is 9.84 Å². The molecule has 0 spiro atoms. The third-order valence-corrected chi connectivity index (χ3v) is 7.75. The van der Waals surface area contributed by atoms with Crippen LogP contribution in [0.4, 0.5) is 5.69 Å². The summed E-state index contributed by atoms with van der Waals surface area (Å²) in [4.78, 5) is 17.6. The van der Waals surface area contributed by atoms with Crippen molar-refractivity contribution in [3.05, 3.63) is 72.8 Å². The van der Waals surface area contributed by atoms with Crippen LogP contribution in [0.25, 0.3) is 0 Å². The van der Waals surface area contributed by atoms with Crippen molar-refractivity contribution in [1.82, 2.24) is 9.55 Å². The molecule has 2 aromatic carbocycles. The first kappa shape index (κ1) is 22.1. The van der Waals surface area contributed by atoms with E-state index in [1.807, 2.05) is 42.0 Å². The molecule has 1 heterocycles. The second-order valence-electron chi connectivity index (χ2n) is 6.95. The van der Waals surface area contributed by atoms with Gasteiger partial charge in [-0.05, 0) is 43.2 Å². The number of benzene rings is 2. The fraction of sp³-hybridized carbons (Fsp3) is 0.273. The van der Waals surface area contributed by atoms with Gasteiger partial charge in [0.2, 0.25) is 5.91 Å². The smallest absolute Gasteiger partial charge is 0.237 e. The van der Waals surface area contributed by atoms with Crippen molar-refractivity contribution < 1.29 is 13.2 Å². The maximum atomic E-state index is 12.7. The second-order valence-corrected chi connectivity index (χ2v) is 10.4. The Bertz CT molecular complexity index is 1080. The molecule has 0 saturated heterocycles. The topological polar surface area (TPSA) is 81.1 Å². The molecule has 158 valence electrons. The molecule has 0 radical (unpaired) electrons. The molecule has 0 aliphatic heterocycles. The van der Waals surface area contributed by atoms with Crippen molar-refractivity contribution in [2.75, 3.05) is 11.1 Å². The lowest BCUT2D eigenvalue weighted by atomic mass is 10.2. The minimum absolute atomic E-state index is 0.0938. The van der Waals surface area contributed by atoms with Crippen LogP contribution in [0.5, 0.6) is 0 Å². The number of nitrogens with zero attached hydrogens (tertiary/aromatic N) is 2. The Morgan fingerprint density at radius 3 is 2.57 bits per heavy atom. The van der Waals surface area contributed by atoms with Crippen LogP contribution in [0.2, 0.25) is 0 Å². The minimum Gasteiger partial charge on any atom is -0.333 e. The van der Waals surface area contributed by atoms with E-state index in [-0.39, 0.29) is 11.7 Å². The molecule has 3 aromatic rings. The lowest BCUT2D eigenvalue weighted by Crippen LogP contribution is -2.22. The number of carbonyl (C=O) groups is 1. The number of amides is 1. The predicted molar refractivity (Wildman–Crippen MR) is 121 cm³/mol. The lowest BCUT2D eigenvalue weighted by molar-refractivity contribution is -0.115. The fourth-order valence-electron chi connectivity index (χ4n) is 2.96. The van der Waals surface area contributed by atoms with Crippen molar-refractivity contribution >= 4 is 33.2 Å². The van der Waals surface area contributed by atoms with Gasteiger partial charge in [-0.1, -0.05) is 31.2 Å². The average molecular weight is 444 g/mol. The van der Waals surface area contributed by atoms with Crippen molar-refractivity contribution in [2.24, 2.45) is 0 Å². The highest BCUT2D eigenvalue weighted by atomic mass is 32.2. The monoisotopic (exact) mass is 443 g/mol. The predicted octanol–water partition coefficient (Wildman–Crippen LogP) is 4.23. The van der Waals surface area contributed by atoms with E-state index in [0.29, 0.717) is 28.4 Å². The van der Waals surface area contributed by atoms with E-state index in [1.54, 1.807) is 43.7 Å². The standard InChI is InChI=1S/C22H25N3O3S2/c1-3-14-30(27,28)21-7-5-4-6-20(21)29-17(2)22(26)24-19-10-8-18(9-11-19)15-25-13-12-23-16-25/h4-13,16-17H,3,14-15H2,1-2H3,(H,24,26). The number of sulfone groups is 1. The van der Waals surface area contributed by atoms with E-state index in [9.17, 15) is 13.2 Å². The Balaban J connectivity index is 1.64. The first-order valence-corrected chi connectivity index (χ1v) is 12.3. The summed E-state index contributed by atoms with van der Waals surface area (Å²) >= 11 is 1.25. The van der Waals surface area contributed by atoms with Gasteiger partial charge in [0.1, 0.15) is 0 Å². The molecule has 3 rings (SSSR count). The lowest BCUT2D eigenvalue weighted by Gasteiger charge is -2.15. The number of thioether (sulfide) groups is 1. The number of anilines is 1. The molecular formula is C22H25N3O3S2. The molecule has 1 aromatic heterocycles. The number of rotatable bonds is 9. The summed E-state index contributed by atoms with van der Waals surface area (Å²) in [5.74, 6) is -0.0821. The van der Waals surface area contributed by atoms with Crippen molar-refractivity contribution in [3.8, 4) is 0 Å². The SMILES string of the molecule is CCCS(=O)(=O)c1ccccc1SC(C)C(=O)Nc1ccc(Cn2ccnc2)cc1. The Hall–Kier alpha value is -2.58. The number of nitrogens with one attached hydrogen (secondary N) is 1. The Morgan fingerprint density at radius 1 is 1.17 bits per heavy atom. The summed E-state index contributed by atoms with van der Waals surface area (Å²) in [6.07, 6.45) is 5.94. The van der Waals surface area contributed by atoms with Crippen LogP contribution in [-0.4, -0.2) is 34.9 Å². The molecule has 1 unspecified atom stereocenters. The van der Waals surface area contributed by atoms with Crippen LogP contribution >= 0.6 is 11.8 Å². The normalized spacial score (nSPS) is 12.5.